The Morgan fingerprint density at radius 1 is 0.968 bits per heavy atom. The zero-order valence-electron chi connectivity index (χ0n) is 16.9. The molecule has 1 N–H and O–H groups in total. The molecule has 1 fully saturated rings. The average Bonchev–Trinajstić information content (AvgIpc) is 3.14. The molecular formula is C25H22FNO4. The number of esters is 1. The molecule has 1 heterocycles. The number of ether oxygens (including phenoxy) is 1. The number of hydrogen-bond acceptors (Lipinski definition) is 5. The molecule has 1 aliphatic heterocycles. The largest absolute Gasteiger partial charge is 0.465 e. The molecule has 0 aliphatic carbocycles. The summed E-state index contributed by atoms with van der Waals surface area (Å²) in [6, 6.07) is 22.4. The first-order chi connectivity index (χ1) is 15.0. The average molecular weight is 419 g/mol. The van der Waals surface area contributed by atoms with E-state index < -0.39 is 29.5 Å². The van der Waals surface area contributed by atoms with Crippen LogP contribution >= 0.6 is 0 Å². The minimum absolute atomic E-state index is 0.0513. The van der Waals surface area contributed by atoms with E-state index in [1.807, 2.05) is 36.4 Å². The van der Waals surface area contributed by atoms with Crippen LogP contribution < -0.4 is 4.90 Å². The van der Waals surface area contributed by atoms with E-state index in [-0.39, 0.29) is 12.2 Å². The Balaban J connectivity index is 1.91. The monoisotopic (exact) mass is 419 g/mol. The second-order valence-corrected chi connectivity index (χ2v) is 7.55. The standard InChI is InChI=1S/C25H22FNO4/c1-31-24(29)25(30)16-21(17-8-4-2-5-9-17)22(23(28)18-10-6-3-7-11-18)27(25)20-14-12-19(26)13-15-20/h2-15,21-22,30H,16H2,1H3. The maximum Gasteiger partial charge on any atom is 0.359 e. The first kappa shape index (κ1) is 20.8. The molecule has 1 saturated heterocycles. The quantitative estimate of drug-likeness (QED) is 0.501. The number of ketones is 1. The van der Waals surface area contributed by atoms with Crippen molar-refractivity contribution in [2.45, 2.75) is 24.1 Å². The van der Waals surface area contributed by atoms with Crippen LogP contribution in [0.1, 0.15) is 28.3 Å². The van der Waals surface area contributed by atoms with Crippen LogP contribution in [0.25, 0.3) is 0 Å². The van der Waals surface area contributed by atoms with Gasteiger partial charge in [0.05, 0.1) is 7.11 Å². The van der Waals surface area contributed by atoms with Crippen LogP contribution in [0.5, 0.6) is 0 Å². The normalized spacial score (nSPS) is 22.9. The van der Waals surface area contributed by atoms with Crippen molar-refractivity contribution in [2.75, 3.05) is 12.0 Å². The Bertz CT molecular complexity index is 1070. The first-order valence-electron chi connectivity index (χ1n) is 9.95. The number of carbonyl (C=O) groups excluding carboxylic acids is 2. The van der Waals surface area contributed by atoms with Gasteiger partial charge in [0.2, 0.25) is 5.72 Å². The molecule has 6 heteroatoms. The maximum atomic E-state index is 13.7. The molecule has 31 heavy (non-hydrogen) atoms. The highest BCUT2D eigenvalue weighted by atomic mass is 19.1. The molecule has 3 atom stereocenters. The molecule has 3 aromatic carbocycles. The molecule has 5 nitrogen and oxygen atoms in total. The number of carbonyl (C=O) groups is 2. The summed E-state index contributed by atoms with van der Waals surface area (Å²) >= 11 is 0. The zero-order valence-corrected chi connectivity index (χ0v) is 16.9. The van der Waals surface area contributed by atoms with Crippen LogP contribution in [-0.2, 0) is 9.53 Å². The third-order valence-corrected chi connectivity index (χ3v) is 5.73. The fourth-order valence-corrected chi connectivity index (χ4v) is 4.32. The zero-order chi connectivity index (χ0) is 22.0. The van der Waals surface area contributed by atoms with E-state index in [4.69, 9.17) is 4.74 Å². The van der Waals surface area contributed by atoms with Gasteiger partial charge in [0.1, 0.15) is 11.9 Å². The second kappa shape index (κ2) is 8.32. The Kier molecular flexibility index (Phi) is 5.57. The highest BCUT2D eigenvalue weighted by Crippen LogP contribution is 2.46. The van der Waals surface area contributed by atoms with Gasteiger partial charge >= 0.3 is 5.97 Å². The van der Waals surface area contributed by atoms with Crippen LogP contribution in [0.2, 0.25) is 0 Å². The summed E-state index contributed by atoms with van der Waals surface area (Å²) in [6.45, 7) is 0. The third kappa shape index (κ3) is 3.70. The minimum atomic E-state index is -2.10. The molecule has 0 spiro atoms. The van der Waals surface area contributed by atoms with E-state index in [1.165, 1.54) is 36.3 Å². The van der Waals surface area contributed by atoms with Gasteiger partial charge in [-0.3, -0.25) is 4.79 Å². The van der Waals surface area contributed by atoms with Crippen molar-refractivity contribution in [3.63, 3.8) is 0 Å². The number of hydrogen-bond donors (Lipinski definition) is 1. The fourth-order valence-electron chi connectivity index (χ4n) is 4.32. The van der Waals surface area contributed by atoms with E-state index in [1.54, 1.807) is 24.3 Å². The molecule has 0 bridgehead atoms. The molecule has 0 radical (unpaired) electrons. The number of nitrogens with zero attached hydrogens (tertiary/aromatic N) is 1. The predicted octanol–water partition coefficient (Wildman–Crippen LogP) is 3.93. The lowest BCUT2D eigenvalue weighted by molar-refractivity contribution is -0.161. The van der Waals surface area contributed by atoms with Gasteiger partial charge in [-0.25, -0.2) is 9.18 Å². The topological polar surface area (TPSA) is 66.8 Å². The van der Waals surface area contributed by atoms with Crippen LogP contribution in [0.15, 0.2) is 84.9 Å². The van der Waals surface area contributed by atoms with E-state index >= 15 is 0 Å². The summed E-state index contributed by atoms with van der Waals surface area (Å²) < 4.78 is 18.5. The van der Waals surface area contributed by atoms with Crippen molar-refractivity contribution in [3.05, 3.63) is 102 Å². The molecule has 0 saturated carbocycles. The molecular weight excluding hydrogens is 397 g/mol. The van der Waals surface area contributed by atoms with Gasteiger partial charge in [-0.1, -0.05) is 60.7 Å². The molecule has 0 aromatic heterocycles. The molecule has 1 aliphatic rings. The fraction of sp³-hybridized carbons (Fsp3) is 0.200. The van der Waals surface area contributed by atoms with E-state index in [0.717, 1.165) is 5.56 Å². The van der Waals surface area contributed by atoms with E-state index in [9.17, 15) is 19.1 Å². The van der Waals surface area contributed by atoms with Crippen molar-refractivity contribution in [3.8, 4) is 0 Å². The molecule has 3 aromatic rings. The second-order valence-electron chi connectivity index (χ2n) is 7.55. The van der Waals surface area contributed by atoms with Crippen molar-refractivity contribution >= 4 is 17.4 Å². The SMILES string of the molecule is COC(=O)C1(O)CC(c2ccccc2)C(C(=O)c2ccccc2)N1c1ccc(F)cc1. The summed E-state index contributed by atoms with van der Waals surface area (Å²) in [7, 11) is 1.19. The van der Waals surface area contributed by atoms with Gasteiger partial charge < -0.3 is 14.7 Å². The van der Waals surface area contributed by atoms with Gasteiger partial charge in [-0.15, -0.1) is 0 Å². The summed E-state index contributed by atoms with van der Waals surface area (Å²) in [5.74, 6) is -2.09. The van der Waals surface area contributed by atoms with Crippen LogP contribution in [0, 0.1) is 5.82 Å². The van der Waals surface area contributed by atoms with Crippen molar-refractivity contribution in [1.29, 1.82) is 0 Å². The summed E-state index contributed by atoms with van der Waals surface area (Å²) in [5, 5.41) is 11.5. The first-order valence-corrected chi connectivity index (χ1v) is 9.95. The smallest absolute Gasteiger partial charge is 0.359 e. The van der Waals surface area contributed by atoms with Crippen molar-refractivity contribution in [2.24, 2.45) is 0 Å². The third-order valence-electron chi connectivity index (χ3n) is 5.73. The number of anilines is 1. The summed E-state index contributed by atoms with van der Waals surface area (Å²) in [6.07, 6.45) is -0.0513. The number of benzene rings is 3. The van der Waals surface area contributed by atoms with Crippen LogP contribution in [-0.4, -0.2) is 35.7 Å². The molecule has 0 amide bonds. The molecule has 158 valence electrons. The highest BCUT2D eigenvalue weighted by molar-refractivity contribution is 6.05. The van der Waals surface area contributed by atoms with E-state index in [2.05, 4.69) is 0 Å². The lowest BCUT2D eigenvalue weighted by Crippen LogP contribution is -2.55. The lowest BCUT2D eigenvalue weighted by atomic mass is 9.86. The number of rotatable bonds is 5. The van der Waals surface area contributed by atoms with Gasteiger partial charge in [0.15, 0.2) is 5.78 Å². The van der Waals surface area contributed by atoms with Crippen LogP contribution in [0.4, 0.5) is 10.1 Å². The van der Waals surface area contributed by atoms with Crippen LogP contribution in [0.3, 0.4) is 0 Å². The minimum Gasteiger partial charge on any atom is -0.465 e. The summed E-state index contributed by atoms with van der Waals surface area (Å²) in [4.78, 5) is 27.8. The molecule has 3 unspecified atom stereocenters. The van der Waals surface area contributed by atoms with Gasteiger partial charge in [-0.05, 0) is 29.8 Å². The van der Waals surface area contributed by atoms with Crippen molar-refractivity contribution < 1.29 is 23.8 Å². The lowest BCUT2D eigenvalue weighted by Gasteiger charge is -2.36. The van der Waals surface area contributed by atoms with Gasteiger partial charge in [0.25, 0.3) is 0 Å². The molecule has 4 rings (SSSR count). The van der Waals surface area contributed by atoms with Gasteiger partial charge in [-0.2, -0.15) is 0 Å². The Hall–Kier alpha value is -3.51. The number of methoxy groups -OCH3 is 1. The number of Topliss-reactive ketones (excluding diaryl/α,β-unsaturated/α-hetero) is 1. The van der Waals surface area contributed by atoms with Crippen molar-refractivity contribution in [1.82, 2.24) is 0 Å². The Morgan fingerprint density at radius 3 is 2.13 bits per heavy atom. The number of aliphatic hydroxyl groups is 1. The maximum absolute atomic E-state index is 13.7. The number of halogens is 1. The predicted molar refractivity (Wildman–Crippen MR) is 114 cm³/mol. The highest BCUT2D eigenvalue weighted by Gasteiger charge is 2.59. The summed E-state index contributed by atoms with van der Waals surface area (Å²) in [5.41, 5.74) is -0.484. The van der Waals surface area contributed by atoms with Gasteiger partial charge in [0, 0.05) is 23.6 Å². The Labute approximate surface area is 179 Å². The van der Waals surface area contributed by atoms with E-state index in [0.29, 0.717) is 11.3 Å². The Morgan fingerprint density at radius 2 is 1.55 bits per heavy atom.